The predicted octanol–water partition coefficient (Wildman–Crippen LogP) is 3.91. The molecule has 0 spiro atoms. The van der Waals surface area contributed by atoms with Crippen LogP contribution in [0.15, 0.2) is 77.7 Å². The van der Waals surface area contributed by atoms with Crippen molar-refractivity contribution in [1.29, 1.82) is 0 Å². The molecule has 0 aliphatic rings. The second kappa shape index (κ2) is 7.78. The van der Waals surface area contributed by atoms with Crippen LogP contribution in [0.25, 0.3) is 10.9 Å². The first-order valence-corrected chi connectivity index (χ1v) is 8.96. The van der Waals surface area contributed by atoms with Crippen molar-refractivity contribution < 1.29 is 0 Å². The Labute approximate surface area is 156 Å². The molecule has 1 atom stereocenters. The normalized spacial score (nSPS) is 12.0. The Bertz CT molecular complexity index is 1060. The quantitative estimate of drug-likeness (QED) is 0.403. The predicted molar refractivity (Wildman–Crippen MR) is 109 cm³/mol. The molecule has 1 unspecified atom stereocenters. The summed E-state index contributed by atoms with van der Waals surface area (Å²) < 4.78 is 0. The fourth-order valence-corrected chi connectivity index (χ4v) is 3.14. The number of aromatic amines is 2. The third-order valence-electron chi connectivity index (χ3n) is 4.53. The van der Waals surface area contributed by atoms with E-state index in [4.69, 9.17) is 0 Å². The zero-order valence-electron chi connectivity index (χ0n) is 14.8. The summed E-state index contributed by atoms with van der Waals surface area (Å²) in [6.07, 6.45) is 2.66. The highest BCUT2D eigenvalue weighted by Gasteiger charge is 2.11. The van der Waals surface area contributed by atoms with E-state index in [2.05, 4.69) is 37.9 Å². The number of fused-ring (bicyclic) bond motifs is 1. The molecule has 0 aliphatic carbocycles. The van der Waals surface area contributed by atoms with Gasteiger partial charge in [0.05, 0.1) is 16.9 Å². The highest BCUT2D eigenvalue weighted by atomic mass is 16.1. The minimum Gasteiger partial charge on any atom is -0.385 e. The van der Waals surface area contributed by atoms with Gasteiger partial charge in [0.15, 0.2) is 0 Å². The standard InChI is InChI=1S/C21H21N5O/c27-21-17-10-9-16(14-19(17)25-26-21)22-13-11-18(15-6-2-1-3-7-15)24-20-8-4-5-12-23-20/h1-10,12,14,18,22H,11,13H2,(H,23,24)(H2,25,26,27). The first-order chi connectivity index (χ1) is 13.3. The zero-order chi connectivity index (χ0) is 18.5. The van der Waals surface area contributed by atoms with Crippen molar-refractivity contribution >= 4 is 22.4 Å². The van der Waals surface area contributed by atoms with E-state index in [1.807, 2.05) is 54.6 Å². The molecule has 136 valence electrons. The van der Waals surface area contributed by atoms with Crippen molar-refractivity contribution in [2.45, 2.75) is 12.5 Å². The lowest BCUT2D eigenvalue weighted by molar-refractivity contribution is 0.716. The van der Waals surface area contributed by atoms with Gasteiger partial charge in [-0.2, -0.15) is 0 Å². The monoisotopic (exact) mass is 359 g/mol. The Morgan fingerprint density at radius 2 is 1.81 bits per heavy atom. The van der Waals surface area contributed by atoms with Gasteiger partial charge >= 0.3 is 0 Å². The SMILES string of the molecule is O=c1[nH][nH]c2cc(NCCC(Nc3ccccn3)c3ccccc3)ccc12. The molecule has 6 nitrogen and oxygen atoms in total. The van der Waals surface area contributed by atoms with Crippen LogP contribution < -0.4 is 16.2 Å². The van der Waals surface area contributed by atoms with E-state index >= 15 is 0 Å². The van der Waals surface area contributed by atoms with Crippen molar-refractivity contribution in [1.82, 2.24) is 15.2 Å². The maximum Gasteiger partial charge on any atom is 0.271 e. The van der Waals surface area contributed by atoms with E-state index in [1.165, 1.54) is 5.56 Å². The minimum atomic E-state index is -0.0970. The molecule has 6 heteroatoms. The highest BCUT2D eigenvalue weighted by molar-refractivity contribution is 5.81. The number of rotatable bonds is 7. The van der Waals surface area contributed by atoms with Crippen LogP contribution in [-0.2, 0) is 0 Å². The van der Waals surface area contributed by atoms with Crippen molar-refractivity contribution in [3.8, 4) is 0 Å². The molecule has 4 aromatic rings. The largest absolute Gasteiger partial charge is 0.385 e. The molecule has 0 aliphatic heterocycles. The van der Waals surface area contributed by atoms with E-state index in [9.17, 15) is 4.79 Å². The Balaban J connectivity index is 1.45. The summed E-state index contributed by atoms with van der Waals surface area (Å²) in [6, 6.07) is 22.1. The third kappa shape index (κ3) is 4.00. The summed E-state index contributed by atoms with van der Waals surface area (Å²) in [5.41, 5.74) is 2.90. The number of nitrogens with zero attached hydrogens (tertiary/aromatic N) is 1. The van der Waals surface area contributed by atoms with Crippen LogP contribution >= 0.6 is 0 Å². The molecule has 2 heterocycles. The average Bonchev–Trinajstić information content (AvgIpc) is 3.09. The van der Waals surface area contributed by atoms with Gasteiger partial charge in [0, 0.05) is 18.4 Å². The number of anilines is 2. The van der Waals surface area contributed by atoms with Crippen LogP contribution in [0.1, 0.15) is 18.0 Å². The molecule has 0 amide bonds. The van der Waals surface area contributed by atoms with Gasteiger partial charge in [0.25, 0.3) is 5.56 Å². The Morgan fingerprint density at radius 3 is 2.63 bits per heavy atom. The Hall–Kier alpha value is -3.54. The first kappa shape index (κ1) is 16.9. The molecule has 0 radical (unpaired) electrons. The zero-order valence-corrected chi connectivity index (χ0v) is 14.8. The van der Waals surface area contributed by atoms with Crippen molar-refractivity contribution in [2.24, 2.45) is 0 Å². The molecule has 4 rings (SSSR count). The smallest absolute Gasteiger partial charge is 0.271 e. The molecule has 0 fully saturated rings. The molecule has 27 heavy (non-hydrogen) atoms. The van der Waals surface area contributed by atoms with Gasteiger partial charge in [-0.15, -0.1) is 0 Å². The number of aromatic nitrogens is 3. The molecule has 2 aromatic heterocycles. The molecule has 4 N–H and O–H groups in total. The van der Waals surface area contributed by atoms with Gasteiger partial charge in [-0.1, -0.05) is 36.4 Å². The number of hydrogen-bond acceptors (Lipinski definition) is 4. The second-order valence-corrected chi connectivity index (χ2v) is 6.38. The maximum atomic E-state index is 11.6. The molecule has 0 saturated carbocycles. The highest BCUT2D eigenvalue weighted by Crippen LogP contribution is 2.22. The summed E-state index contributed by atoms with van der Waals surface area (Å²) in [5, 5.41) is 13.1. The summed E-state index contributed by atoms with van der Waals surface area (Å²) in [4.78, 5) is 16.0. The second-order valence-electron chi connectivity index (χ2n) is 6.38. The van der Waals surface area contributed by atoms with E-state index in [1.54, 1.807) is 6.20 Å². The topological polar surface area (TPSA) is 85.6 Å². The lowest BCUT2D eigenvalue weighted by atomic mass is 10.0. The average molecular weight is 359 g/mol. The molecule has 0 bridgehead atoms. The van der Waals surface area contributed by atoms with Gasteiger partial charge in [0.1, 0.15) is 5.82 Å². The van der Waals surface area contributed by atoms with Crippen LogP contribution in [0, 0.1) is 0 Å². The lowest BCUT2D eigenvalue weighted by Gasteiger charge is -2.20. The van der Waals surface area contributed by atoms with Crippen LogP contribution in [-0.4, -0.2) is 21.7 Å². The van der Waals surface area contributed by atoms with E-state index in [0.29, 0.717) is 5.39 Å². The number of hydrogen-bond donors (Lipinski definition) is 4. The lowest BCUT2D eigenvalue weighted by Crippen LogP contribution is -2.16. The van der Waals surface area contributed by atoms with Crippen LogP contribution in [0.4, 0.5) is 11.5 Å². The van der Waals surface area contributed by atoms with E-state index in [0.717, 1.165) is 30.0 Å². The summed E-state index contributed by atoms with van der Waals surface area (Å²) >= 11 is 0. The van der Waals surface area contributed by atoms with Crippen LogP contribution in [0.5, 0.6) is 0 Å². The van der Waals surface area contributed by atoms with Crippen LogP contribution in [0.3, 0.4) is 0 Å². The number of H-pyrrole nitrogens is 2. The van der Waals surface area contributed by atoms with Gasteiger partial charge < -0.3 is 10.6 Å². The molecule has 0 saturated heterocycles. The minimum absolute atomic E-state index is 0.0970. The summed E-state index contributed by atoms with van der Waals surface area (Å²) in [5.74, 6) is 0.859. The first-order valence-electron chi connectivity index (χ1n) is 8.96. The van der Waals surface area contributed by atoms with E-state index < -0.39 is 0 Å². The van der Waals surface area contributed by atoms with Gasteiger partial charge in [-0.3, -0.25) is 15.0 Å². The van der Waals surface area contributed by atoms with Crippen molar-refractivity contribution in [2.75, 3.05) is 17.2 Å². The molecular weight excluding hydrogens is 338 g/mol. The Kier molecular flexibility index (Phi) is 4.87. The van der Waals surface area contributed by atoms with Crippen molar-refractivity contribution in [3.63, 3.8) is 0 Å². The van der Waals surface area contributed by atoms with Gasteiger partial charge in [-0.25, -0.2) is 4.98 Å². The number of nitrogens with one attached hydrogen (secondary N) is 4. The van der Waals surface area contributed by atoms with E-state index in [-0.39, 0.29) is 11.6 Å². The molecular formula is C21H21N5O. The van der Waals surface area contributed by atoms with Gasteiger partial charge in [-0.05, 0) is 42.3 Å². The maximum absolute atomic E-state index is 11.6. The summed E-state index contributed by atoms with van der Waals surface area (Å²) in [7, 11) is 0. The van der Waals surface area contributed by atoms with Gasteiger partial charge in [0.2, 0.25) is 0 Å². The van der Waals surface area contributed by atoms with Crippen LogP contribution in [0.2, 0.25) is 0 Å². The Morgan fingerprint density at radius 1 is 0.963 bits per heavy atom. The summed E-state index contributed by atoms with van der Waals surface area (Å²) in [6.45, 7) is 0.777. The fourth-order valence-electron chi connectivity index (χ4n) is 3.14. The number of pyridine rings is 1. The number of benzene rings is 2. The third-order valence-corrected chi connectivity index (χ3v) is 4.53. The van der Waals surface area contributed by atoms with Crippen molar-refractivity contribution in [3.05, 3.63) is 88.8 Å². The fraction of sp³-hybridized carbons (Fsp3) is 0.143. The molecule has 2 aromatic carbocycles.